The van der Waals surface area contributed by atoms with Crippen LogP contribution in [0.25, 0.3) is 0 Å². The second kappa shape index (κ2) is 7.43. The van der Waals surface area contributed by atoms with E-state index in [1.54, 1.807) is 0 Å². The molecule has 0 amide bonds. The molecule has 5 heteroatoms. The number of rotatable bonds is 8. The molecule has 0 saturated heterocycles. The van der Waals surface area contributed by atoms with Gasteiger partial charge in [-0.1, -0.05) is 25.4 Å². The molecule has 0 aliphatic rings. The van der Waals surface area contributed by atoms with Gasteiger partial charge in [-0.15, -0.1) is 0 Å². The molecule has 20 heavy (non-hydrogen) atoms. The average Bonchev–Trinajstić information content (AvgIpc) is 2.62. The lowest BCUT2D eigenvalue weighted by molar-refractivity contribution is 0.0493. The minimum absolute atomic E-state index is 0.532. The van der Waals surface area contributed by atoms with Crippen LogP contribution in [-0.2, 0) is 13.0 Å². The molecule has 1 unspecified atom stereocenters. The predicted octanol–water partition coefficient (Wildman–Crippen LogP) is 2.79. The maximum absolute atomic E-state index is 10.5. The SMILES string of the molecule is CCn1nc(C)c(Cl)c1CC(C)(O)CCNCC(C)C. The zero-order valence-electron chi connectivity index (χ0n) is 13.3. The van der Waals surface area contributed by atoms with E-state index in [9.17, 15) is 5.11 Å². The minimum Gasteiger partial charge on any atom is -0.390 e. The number of hydrogen-bond donors (Lipinski definition) is 2. The fourth-order valence-corrected chi connectivity index (χ4v) is 2.44. The third kappa shape index (κ3) is 5.08. The van der Waals surface area contributed by atoms with Crippen molar-refractivity contribution in [2.45, 2.75) is 59.6 Å². The Morgan fingerprint density at radius 1 is 1.45 bits per heavy atom. The standard InChI is InChI=1S/C15H28ClN3O/c1-6-19-13(14(16)12(4)18-19)9-15(5,20)7-8-17-10-11(2)3/h11,17,20H,6-10H2,1-5H3. The average molecular weight is 302 g/mol. The molecule has 1 heterocycles. The van der Waals surface area contributed by atoms with E-state index in [4.69, 9.17) is 11.6 Å². The summed E-state index contributed by atoms with van der Waals surface area (Å²) in [5, 5.41) is 19.0. The van der Waals surface area contributed by atoms with Crippen molar-refractivity contribution >= 4 is 11.6 Å². The van der Waals surface area contributed by atoms with Crippen molar-refractivity contribution in [1.29, 1.82) is 0 Å². The van der Waals surface area contributed by atoms with E-state index in [-0.39, 0.29) is 0 Å². The van der Waals surface area contributed by atoms with Crippen molar-refractivity contribution in [3.8, 4) is 0 Å². The van der Waals surface area contributed by atoms with Crippen LogP contribution in [0.1, 0.15) is 45.5 Å². The Bertz CT molecular complexity index is 427. The molecule has 0 aromatic carbocycles. The second-order valence-electron chi connectivity index (χ2n) is 6.18. The van der Waals surface area contributed by atoms with Gasteiger partial charge in [0.15, 0.2) is 0 Å². The van der Waals surface area contributed by atoms with Gasteiger partial charge in [0.05, 0.1) is 22.0 Å². The second-order valence-corrected chi connectivity index (χ2v) is 6.56. The summed E-state index contributed by atoms with van der Waals surface area (Å²) in [5.74, 6) is 0.624. The molecule has 0 radical (unpaired) electrons. The Morgan fingerprint density at radius 3 is 2.65 bits per heavy atom. The monoisotopic (exact) mass is 301 g/mol. The summed E-state index contributed by atoms with van der Waals surface area (Å²) in [4.78, 5) is 0. The van der Waals surface area contributed by atoms with Crippen molar-refractivity contribution in [3.05, 3.63) is 16.4 Å². The van der Waals surface area contributed by atoms with Gasteiger partial charge in [0, 0.05) is 13.0 Å². The van der Waals surface area contributed by atoms with Crippen molar-refractivity contribution in [2.75, 3.05) is 13.1 Å². The molecule has 1 atom stereocenters. The maximum Gasteiger partial charge on any atom is 0.0848 e. The topological polar surface area (TPSA) is 50.1 Å². The highest BCUT2D eigenvalue weighted by Crippen LogP contribution is 2.25. The third-order valence-corrected chi connectivity index (χ3v) is 3.89. The molecule has 0 saturated carbocycles. The van der Waals surface area contributed by atoms with Crippen molar-refractivity contribution in [1.82, 2.24) is 15.1 Å². The van der Waals surface area contributed by atoms with E-state index in [0.717, 1.165) is 31.0 Å². The van der Waals surface area contributed by atoms with Crippen LogP contribution < -0.4 is 5.32 Å². The van der Waals surface area contributed by atoms with Gasteiger partial charge in [-0.3, -0.25) is 4.68 Å². The van der Waals surface area contributed by atoms with E-state index in [0.29, 0.717) is 23.8 Å². The highest BCUT2D eigenvalue weighted by atomic mass is 35.5. The van der Waals surface area contributed by atoms with Crippen molar-refractivity contribution in [2.24, 2.45) is 5.92 Å². The quantitative estimate of drug-likeness (QED) is 0.726. The fourth-order valence-electron chi connectivity index (χ4n) is 2.24. The summed E-state index contributed by atoms with van der Waals surface area (Å²) in [6.45, 7) is 12.7. The number of nitrogens with one attached hydrogen (secondary N) is 1. The largest absolute Gasteiger partial charge is 0.390 e. The summed E-state index contributed by atoms with van der Waals surface area (Å²) in [7, 11) is 0. The van der Waals surface area contributed by atoms with Gasteiger partial charge in [0.2, 0.25) is 0 Å². The molecule has 0 aliphatic heterocycles. The Morgan fingerprint density at radius 2 is 2.10 bits per heavy atom. The number of nitrogens with zero attached hydrogens (tertiary/aromatic N) is 2. The van der Waals surface area contributed by atoms with Crippen molar-refractivity contribution < 1.29 is 5.11 Å². The van der Waals surface area contributed by atoms with Crippen LogP contribution >= 0.6 is 11.6 Å². The van der Waals surface area contributed by atoms with E-state index < -0.39 is 5.60 Å². The highest BCUT2D eigenvalue weighted by Gasteiger charge is 2.25. The van der Waals surface area contributed by atoms with Gasteiger partial charge in [-0.2, -0.15) is 5.10 Å². The van der Waals surface area contributed by atoms with Crippen LogP contribution in [0.3, 0.4) is 0 Å². The summed E-state index contributed by atoms with van der Waals surface area (Å²) in [5.41, 5.74) is 0.991. The van der Waals surface area contributed by atoms with Gasteiger partial charge in [-0.05, 0) is 46.2 Å². The molecule has 0 bridgehead atoms. The number of aliphatic hydroxyl groups is 1. The molecule has 0 fully saturated rings. The lowest BCUT2D eigenvalue weighted by atomic mass is 9.95. The number of aromatic nitrogens is 2. The van der Waals surface area contributed by atoms with Gasteiger partial charge in [0.25, 0.3) is 0 Å². The van der Waals surface area contributed by atoms with Crippen LogP contribution in [0.15, 0.2) is 0 Å². The summed E-state index contributed by atoms with van der Waals surface area (Å²) < 4.78 is 1.88. The predicted molar refractivity (Wildman–Crippen MR) is 84.3 cm³/mol. The lowest BCUT2D eigenvalue weighted by Gasteiger charge is -2.24. The molecular weight excluding hydrogens is 274 g/mol. The number of aryl methyl sites for hydroxylation is 2. The van der Waals surface area contributed by atoms with Crippen LogP contribution in [0.5, 0.6) is 0 Å². The molecule has 1 aromatic heterocycles. The van der Waals surface area contributed by atoms with Crippen LogP contribution in [0, 0.1) is 12.8 Å². The summed E-state index contributed by atoms with van der Waals surface area (Å²) in [6.07, 6.45) is 1.23. The first kappa shape index (κ1) is 17.5. The molecule has 0 aliphatic carbocycles. The van der Waals surface area contributed by atoms with Crippen LogP contribution in [-0.4, -0.2) is 33.6 Å². The van der Waals surface area contributed by atoms with E-state index in [1.165, 1.54) is 0 Å². The Labute approximate surface area is 127 Å². The van der Waals surface area contributed by atoms with Gasteiger partial charge in [0.1, 0.15) is 0 Å². The normalized spacial score (nSPS) is 14.8. The minimum atomic E-state index is -0.771. The Balaban J connectivity index is 2.61. The molecule has 0 spiro atoms. The highest BCUT2D eigenvalue weighted by molar-refractivity contribution is 6.31. The zero-order chi connectivity index (χ0) is 15.3. The first-order valence-corrected chi connectivity index (χ1v) is 7.79. The molecular formula is C15H28ClN3O. The fraction of sp³-hybridized carbons (Fsp3) is 0.800. The first-order valence-electron chi connectivity index (χ1n) is 7.41. The maximum atomic E-state index is 10.5. The number of halogens is 1. The van der Waals surface area contributed by atoms with Gasteiger partial charge in [-0.25, -0.2) is 0 Å². The van der Waals surface area contributed by atoms with E-state index in [2.05, 4.69) is 24.3 Å². The van der Waals surface area contributed by atoms with Crippen LogP contribution in [0.2, 0.25) is 5.02 Å². The lowest BCUT2D eigenvalue weighted by Crippen LogP contribution is -2.34. The molecule has 4 nitrogen and oxygen atoms in total. The third-order valence-electron chi connectivity index (χ3n) is 3.39. The van der Waals surface area contributed by atoms with Gasteiger partial charge < -0.3 is 10.4 Å². The van der Waals surface area contributed by atoms with Crippen LogP contribution in [0.4, 0.5) is 0 Å². The molecule has 116 valence electrons. The Hall–Kier alpha value is -0.580. The van der Waals surface area contributed by atoms with E-state index >= 15 is 0 Å². The summed E-state index contributed by atoms with van der Waals surface area (Å²) >= 11 is 6.29. The van der Waals surface area contributed by atoms with Gasteiger partial charge >= 0.3 is 0 Å². The summed E-state index contributed by atoms with van der Waals surface area (Å²) in [6, 6.07) is 0. The zero-order valence-corrected chi connectivity index (χ0v) is 14.1. The smallest absolute Gasteiger partial charge is 0.0848 e. The molecule has 2 N–H and O–H groups in total. The Kier molecular flexibility index (Phi) is 6.49. The van der Waals surface area contributed by atoms with Crippen molar-refractivity contribution in [3.63, 3.8) is 0 Å². The number of hydrogen-bond acceptors (Lipinski definition) is 3. The molecule has 1 rings (SSSR count). The van der Waals surface area contributed by atoms with E-state index in [1.807, 2.05) is 25.5 Å². The first-order chi connectivity index (χ1) is 9.26. The molecule has 1 aromatic rings.